The zero-order valence-corrected chi connectivity index (χ0v) is 15.6. The lowest BCUT2D eigenvalue weighted by Crippen LogP contribution is -2.49. The number of para-hydroxylation sites is 2. The fourth-order valence-electron chi connectivity index (χ4n) is 4.14. The molecule has 2 aromatic carbocycles. The number of rotatable bonds is 4. The number of carbonyl (C=O) groups is 1. The first-order chi connectivity index (χ1) is 13.2. The minimum atomic E-state index is -0.193. The maximum absolute atomic E-state index is 14.0. The van der Waals surface area contributed by atoms with Crippen LogP contribution in [0.1, 0.15) is 18.4 Å². The molecule has 0 saturated carbocycles. The highest BCUT2D eigenvalue weighted by Gasteiger charge is 2.24. The van der Waals surface area contributed by atoms with Gasteiger partial charge in [0.2, 0.25) is 5.91 Å². The fourth-order valence-corrected chi connectivity index (χ4v) is 4.14. The van der Waals surface area contributed by atoms with Gasteiger partial charge in [-0.2, -0.15) is 0 Å². The lowest BCUT2D eigenvalue weighted by atomic mass is 10.0. The maximum atomic E-state index is 14.0. The van der Waals surface area contributed by atoms with Crippen LogP contribution in [-0.4, -0.2) is 50.1 Å². The van der Waals surface area contributed by atoms with Gasteiger partial charge in [0.1, 0.15) is 5.82 Å². The summed E-state index contributed by atoms with van der Waals surface area (Å²) in [5.41, 5.74) is 3.30. The van der Waals surface area contributed by atoms with Crippen molar-refractivity contribution in [3.63, 3.8) is 0 Å². The molecular formula is C22H26FN3O. The first-order valence-corrected chi connectivity index (χ1v) is 9.82. The average Bonchev–Trinajstić information content (AvgIpc) is 2.72. The highest BCUT2D eigenvalue weighted by Crippen LogP contribution is 2.27. The second kappa shape index (κ2) is 7.99. The Morgan fingerprint density at radius 3 is 2.37 bits per heavy atom. The molecule has 0 aliphatic carbocycles. The molecule has 2 heterocycles. The van der Waals surface area contributed by atoms with E-state index in [1.165, 1.54) is 17.3 Å². The Labute approximate surface area is 160 Å². The van der Waals surface area contributed by atoms with Gasteiger partial charge in [-0.25, -0.2) is 4.39 Å². The molecule has 1 saturated heterocycles. The van der Waals surface area contributed by atoms with E-state index < -0.39 is 0 Å². The van der Waals surface area contributed by atoms with Crippen molar-refractivity contribution >= 4 is 17.3 Å². The van der Waals surface area contributed by atoms with Crippen LogP contribution in [0.3, 0.4) is 0 Å². The van der Waals surface area contributed by atoms with Crippen molar-refractivity contribution in [1.82, 2.24) is 4.90 Å². The molecule has 0 bridgehead atoms. The highest BCUT2D eigenvalue weighted by molar-refractivity contribution is 5.77. The van der Waals surface area contributed by atoms with Crippen molar-refractivity contribution in [2.24, 2.45) is 0 Å². The average molecular weight is 367 g/mol. The minimum Gasteiger partial charge on any atom is -0.371 e. The van der Waals surface area contributed by atoms with Crippen LogP contribution in [0.2, 0.25) is 0 Å². The van der Waals surface area contributed by atoms with Gasteiger partial charge in [0.25, 0.3) is 0 Å². The van der Waals surface area contributed by atoms with Crippen LogP contribution >= 0.6 is 0 Å². The number of halogens is 1. The third-order valence-electron chi connectivity index (χ3n) is 5.63. The predicted octanol–water partition coefficient (Wildman–Crippen LogP) is 3.32. The van der Waals surface area contributed by atoms with E-state index in [1.54, 1.807) is 12.1 Å². The zero-order chi connectivity index (χ0) is 18.6. The molecule has 4 nitrogen and oxygen atoms in total. The lowest BCUT2D eigenvalue weighted by Gasteiger charge is -2.37. The van der Waals surface area contributed by atoms with Crippen LogP contribution in [0.15, 0.2) is 48.5 Å². The lowest BCUT2D eigenvalue weighted by molar-refractivity contribution is -0.131. The number of fused-ring (bicyclic) bond motifs is 1. The van der Waals surface area contributed by atoms with Crippen LogP contribution in [0.25, 0.3) is 0 Å². The largest absolute Gasteiger partial charge is 0.371 e. The van der Waals surface area contributed by atoms with E-state index in [0.717, 1.165) is 25.9 Å². The summed E-state index contributed by atoms with van der Waals surface area (Å²) in [7, 11) is 0. The number of piperazine rings is 1. The van der Waals surface area contributed by atoms with Crippen molar-refractivity contribution < 1.29 is 9.18 Å². The Morgan fingerprint density at radius 1 is 0.889 bits per heavy atom. The third kappa shape index (κ3) is 3.92. The molecule has 1 fully saturated rings. The zero-order valence-electron chi connectivity index (χ0n) is 15.6. The highest BCUT2D eigenvalue weighted by atomic mass is 19.1. The molecule has 2 aromatic rings. The molecule has 0 aromatic heterocycles. The Balaban J connectivity index is 1.30. The number of benzene rings is 2. The molecule has 4 rings (SSSR count). The van der Waals surface area contributed by atoms with E-state index in [0.29, 0.717) is 38.3 Å². The van der Waals surface area contributed by atoms with Crippen LogP contribution < -0.4 is 9.80 Å². The maximum Gasteiger partial charge on any atom is 0.224 e. The van der Waals surface area contributed by atoms with Crippen LogP contribution in [0.4, 0.5) is 15.8 Å². The van der Waals surface area contributed by atoms with Gasteiger partial charge in [0.15, 0.2) is 0 Å². The summed E-state index contributed by atoms with van der Waals surface area (Å²) in [5.74, 6) is 0.00674. The second-order valence-electron chi connectivity index (χ2n) is 7.29. The van der Waals surface area contributed by atoms with Gasteiger partial charge in [-0.15, -0.1) is 0 Å². The SMILES string of the molecule is O=C(CCN1CCCc2ccccc21)N1CCN(c2ccccc2F)CC1. The predicted molar refractivity (Wildman–Crippen MR) is 107 cm³/mol. The number of anilines is 2. The standard InChI is InChI=1S/C22H26FN3O/c23-19-8-2-4-10-21(19)25-14-16-26(17-15-25)22(27)11-13-24-12-5-7-18-6-1-3-9-20(18)24/h1-4,6,8-10H,5,7,11-17H2. The molecule has 5 heteroatoms. The quantitative estimate of drug-likeness (QED) is 0.829. The van der Waals surface area contributed by atoms with Crippen molar-refractivity contribution in [2.45, 2.75) is 19.3 Å². The summed E-state index contributed by atoms with van der Waals surface area (Å²) in [6.07, 6.45) is 2.80. The first kappa shape index (κ1) is 17.8. The van der Waals surface area contributed by atoms with Crippen molar-refractivity contribution in [1.29, 1.82) is 0 Å². The van der Waals surface area contributed by atoms with E-state index in [9.17, 15) is 9.18 Å². The molecule has 0 N–H and O–H groups in total. The molecule has 0 unspecified atom stereocenters. The third-order valence-corrected chi connectivity index (χ3v) is 5.63. The summed E-state index contributed by atoms with van der Waals surface area (Å²) < 4.78 is 14.0. The van der Waals surface area contributed by atoms with E-state index in [4.69, 9.17) is 0 Å². The number of hydrogen-bond acceptors (Lipinski definition) is 3. The summed E-state index contributed by atoms with van der Waals surface area (Å²) >= 11 is 0. The van der Waals surface area contributed by atoms with Crippen molar-refractivity contribution in [3.05, 3.63) is 59.9 Å². The Morgan fingerprint density at radius 2 is 1.59 bits per heavy atom. The number of hydrogen-bond donors (Lipinski definition) is 0. The Kier molecular flexibility index (Phi) is 5.28. The summed E-state index contributed by atoms with van der Waals surface area (Å²) in [6.45, 7) is 4.46. The number of nitrogens with zero attached hydrogens (tertiary/aromatic N) is 3. The smallest absolute Gasteiger partial charge is 0.224 e. The van der Waals surface area contributed by atoms with E-state index in [1.807, 2.05) is 15.9 Å². The van der Waals surface area contributed by atoms with Gasteiger partial charge < -0.3 is 14.7 Å². The Bertz CT molecular complexity index is 802. The molecule has 0 atom stereocenters. The Hall–Kier alpha value is -2.56. The molecular weight excluding hydrogens is 341 g/mol. The van der Waals surface area contributed by atoms with Crippen molar-refractivity contribution in [3.8, 4) is 0 Å². The molecule has 1 amide bonds. The monoisotopic (exact) mass is 367 g/mol. The summed E-state index contributed by atoms with van der Waals surface area (Å²) in [5, 5.41) is 0. The first-order valence-electron chi connectivity index (χ1n) is 9.82. The van der Waals surface area contributed by atoms with Gasteiger partial charge in [-0.3, -0.25) is 4.79 Å². The second-order valence-corrected chi connectivity index (χ2v) is 7.29. The summed E-state index contributed by atoms with van der Waals surface area (Å²) in [4.78, 5) is 19.0. The van der Waals surface area contributed by atoms with Gasteiger partial charge in [-0.05, 0) is 36.6 Å². The number of carbonyl (C=O) groups excluding carboxylic acids is 1. The van der Waals surface area contributed by atoms with E-state index in [-0.39, 0.29) is 11.7 Å². The van der Waals surface area contributed by atoms with E-state index >= 15 is 0 Å². The van der Waals surface area contributed by atoms with Crippen LogP contribution in [0, 0.1) is 5.82 Å². The molecule has 0 radical (unpaired) electrons. The van der Waals surface area contributed by atoms with Gasteiger partial charge in [-0.1, -0.05) is 30.3 Å². The van der Waals surface area contributed by atoms with Gasteiger partial charge in [0.05, 0.1) is 5.69 Å². The fraction of sp³-hybridized carbons (Fsp3) is 0.409. The van der Waals surface area contributed by atoms with Gasteiger partial charge >= 0.3 is 0 Å². The number of aryl methyl sites for hydroxylation is 1. The molecule has 0 spiro atoms. The molecule has 2 aliphatic heterocycles. The van der Waals surface area contributed by atoms with E-state index in [2.05, 4.69) is 29.2 Å². The summed E-state index contributed by atoms with van der Waals surface area (Å²) in [6, 6.07) is 15.4. The van der Waals surface area contributed by atoms with Gasteiger partial charge in [0, 0.05) is 51.4 Å². The number of amides is 1. The molecule has 2 aliphatic rings. The normalized spacial score (nSPS) is 17.0. The van der Waals surface area contributed by atoms with Crippen LogP contribution in [-0.2, 0) is 11.2 Å². The molecule has 27 heavy (non-hydrogen) atoms. The minimum absolute atomic E-state index is 0.193. The topological polar surface area (TPSA) is 26.8 Å². The molecule has 142 valence electrons. The van der Waals surface area contributed by atoms with Crippen molar-refractivity contribution in [2.75, 3.05) is 49.1 Å². The van der Waals surface area contributed by atoms with Crippen LogP contribution in [0.5, 0.6) is 0 Å².